The van der Waals surface area contributed by atoms with Gasteiger partial charge < -0.3 is 16.0 Å². The van der Waals surface area contributed by atoms with Crippen molar-refractivity contribution >= 4 is 28.3 Å². The van der Waals surface area contributed by atoms with Crippen LogP contribution < -0.4 is 11.1 Å². The zero-order valence-electron chi connectivity index (χ0n) is 12.7. The number of nitrogens with one attached hydrogen (secondary N) is 3. The van der Waals surface area contributed by atoms with Gasteiger partial charge in [0.15, 0.2) is 5.82 Å². The molecular formula is C17H17N5O. The van der Waals surface area contributed by atoms with E-state index in [-0.39, 0.29) is 11.6 Å². The molecule has 6 nitrogen and oxygen atoms in total. The smallest absolute Gasteiger partial charge is 0.251 e. The molecule has 1 amide bonds. The highest BCUT2D eigenvalue weighted by Gasteiger charge is 2.13. The second-order valence-corrected chi connectivity index (χ2v) is 5.14. The van der Waals surface area contributed by atoms with Crippen LogP contribution in [0, 0.1) is 5.41 Å². The van der Waals surface area contributed by atoms with Crippen LogP contribution in [0.2, 0.25) is 0 Å². The van der Waals surface area contributed by atoms with E-state index in [0.29, 0.717) is 40.2 Å². The van der Waals surface area contributed by atoms with Crippen molar-refractivity contribution < 1.29 is 4.79 Å². The van der Waals surface area contributed by atoms with E-state index in [1.165, 1.54) is 0 Å². The fourth-order valence-electron chi connectivity index (χ4n) is 2.38. The number of aromatic amines is 1. The van der Waals surface area contributed by atoms with Crippen LogP contribution in [0.1, 0.15) is 28.7 Å². The summed E-state index contributed by atoms with van der Waals surface area (Å²) >= 11 is 0. The Morgan fingerprint density at radius 3 is 2.83 bits per heavy atom. The summed E-state index contributed by atoms with van der Waals surface area (Å²) < 4.78 is 0. The molecular weight excluding hydrogens is 290 g/mol. The van der Waals surface area contributed by atoms with Crippen LogP contribution in [-0.4, -0.2) is 28.1 Å². The van der Waals surface area contributed by atoms with E-state index in [4.69, 9.17) is 11.1 Å². The minimum atomic E-state index is -0.132. The topological polar surface area (TPSA) is 108 Å². The molecule has 0 aliphatic carbocycles. The number of anilines is 1. The molecule has 0 aliphatic heterocycles. The normalized spacial score (nSPS) is 10.7. The number of para-hydroxylation sites is 1. The standard InChI is InChI=1S/C17H17N5O/c1-2-20-17(23)10-7-8-13-14(9-10)22-16(21-13)15(19)11-5-3-4-6-12(11)18/h3-9,19H,2,18H2,1H3,(H,20,23)(H,21,22). The molecule has 0 fully saturated rings. The van der Waals surface area contributed by atoms with Crippen LogP contribution in [0.3, 0.4) is 0 Å². The lowest BCUT2D eigenvalue weighted by molar-refractivity contribution is 0.0956. The maximum Gasteiger partial charge on any atom is 0.251 e. The average Bonchev–Trinajstić information content (AvgIpc) is 2.98. The third-order valence-corrected chi connectivity index (χ3v) is 3.55. The predicted molar refractivity (Wildman–Crippen MR) is 90.9 cm³/mol. The van der Waals surface area contributed by atoms with Crippen molar-refractivity contribution in [1.82, 2.24) is 15.3 Å². The number of aromatic nitrogens is 2. The van der Waals surface area contributed by atoms with E-state index < -0.39 is 0 Å². The quantitative estimate of drug-likeness (QED) is 0.439. The van der Waals surface area contributed by atoms with Gasteiger partial charge in [-0.25, -0.2) is 4.98 Å². The van der Waals surface area contributed by atoms with Gasteiger partial charge in [0.05, 0.1) is 11.0 Å². The van der Waals surface area contributed by atoms with E-state index in [1.807, 2.05) is 19.1 Å². The maximum atomic E-state index is 11.9. The molecule has 1 aromatic heterocycles. The molecule has 0 spiro atoms. The molecule has 0 saturated carbocycles. The molecule has 1 heterocycles. The van der Waals surface area contributed by atoms with Gasteiger partial charge in [0.2, 0.25) is 0 Å². The Hall–Kier alpha value is -3.15. The molecule has 0 radical (unpaired) electrons. The van der Waals surface area contributed by atoms with Gasteiger partial charge >= 0.3 is 0 Å². The number of nitrogens with zero attached hydrogens (tertiary/aromatic N) is 1. The fraction of sp³-hybridized carbons (Fsp3) is 0.118. The molecule has 3 rings (SSSR count). The van der Waals surface area contributed by atoms with Crippen LogP contribution in [0.5, 0.6) is 0 Å². The number of carbonyl (C=O) groups is 1. The minimum absolute atomic E-state index is 0.132. The largest absolute Gasteiger partial charge is 0.398 e. The van der Waals surface area contributed by atoms with E-state index in [0.717, 1.165) is 0 Å². The fourth-order valence-corrected chi connectivity index (χ4v) is 2.38. The van der Waals surface area contributed by atoms with Gasteiger partial charge in [-0.15, -0.1) is 0 Å². The molecule has 3 aromatic rings. The number of nitrogens with two attached hydrogens (primary N) is 1. The molecule has 5 N–H and O–H groups in total. The van der Waals surface area contributed by atoms with E-state index in [2.05, 4.69) is 15.3 Å². The summed E-state index contributed by atoms with van der Waals surface area (Å²) in [4.78, 5) is 19.4. The lowest BCUT2D eigenvalue weighted by Gasteiger charge is -2.04. The summed E-state index contributed by atoms with van der Waals surface area (Å²) in [5.41, 5.74) is 9.25. The number of benzene rings is 2. The first-order chi connectivity index (χ1) is 11.1. The molecule has 0 aliphatic rings. The second-order valence-electron chi connectivity index (χ2n) is 5.14. The number of H-pyrrole nitrogens is 1. The molecule has 0 unspecified atom stereocenters. The molecule has 2 aromatic carbocycles. The first-order valence-electron chi connectivity index (χ1n) is 7.32. The predicted octanol–water partition coefficient (Wildman–Crippen LogP) is 2.31. The van der Waals surface area contributed by atoms with Crippen LogP contribution >= 0.6 is 0 Å². The van der Waals surface area contributed by atoms with Crippen molar-refractivity contribution in [3.63, 3.8) is 0 Å². The average molecular weight is 307 g/mol. The minimum Gasteiger partial charge on any atom is -0.398 e. The third kappa shape index (κ3) is 2.78. The van der Waals surface area contributed by atoms with E-state index >= 15 is 0 Å². The third-order valence-electron chi connectivity index (χ3n) is 3.55. The summed E-state index contributed by atoms with van der Waals surface area (Å²) in [6.07, 6.45) is 0. The van der Waals surface area contributed by atoms with E-state index in [1.54, 1.807) is 30.3 Å². The van der Waals surface area contributed by atoms with Crippen LogP contribution in [0.25, 0.3) is 11.0 Å². The number of hydrogen-bond acceptors (Lipinski definition) is 4. The number of amides is 1. The highest BCUT2D eigenvalue weighted by atomic mass is 16.1. The summed E-state index contributed by atoms with van der Waals surface area (Å²) in [6.45, 7) is 2.44. The van der Waals surface area contributed by atoms with Gasteiger partial charge in [-0.1, -0.05) is 18.2 Å². The molecule has 23 heavy (non-hydrogen) atoms. The van der Waals surface area contributed by atoms with Crippen LogP contribution in [0.15, 0.2) is 42.5 Å². The molecule has 6 heteroatoms. The van der Waals surface area contributed by atoms with Crippen molar-refractivity contribution in [2.45, 2.75) is 6.92 Å². The second kappa shape index (κ2) is 5.92. The van der Waals surface area contributed by atoms with Crippen LogP contribution in [-0.2, 0) is 0 Å². The van der Waals surface area contributed by atoms with Gasteiger partial charge in [0, 0.05) is 23.4 Å². The Labute approximate surface area is 133 Å². The zero-order chi connectivity index (χ0) is 16.4. The van der Waals surface area contributed by atoms with Gasteiger partial charge in [-0.05, 0) is 31.2 Å². The zero-order valence-corrected chi connectivity index (χ0v) is 12.7. The van der Waals surface area contributed by atoms with Crippen molar-refractivity contribution in [3.05, 3.63) is 59.4 Å². The van der Waals surface area contributed by atoms with Crippen molar-refractivity contribution in [1.29, 1.82) is 5.41 Å². The van der Waals surface area contributed by atoms with Crippen molar-refractivity contribution in [3.8, 4) is 0 Å². The Kier molecular flexibility index (Phi) is 3.80. The van der Waals surface area contributed by atoms with Gasteiger partial charge in [-0.2, -0.15) is 0 Å². The SMILES string of the molecule is CCNC(=O)c1ccc2nc(C(=N)c3ccccc3N)[nH]c2c1. The maximum absolute atomic E-state index is 11.9. The number of hydrogen-bond donors (Lipinski definition) is 4. The summed E-state index contributed by atoms with van der Waals surface area (Å²) in [6, 6.07) is 12.4. The first-order valence-corrected chi connectivity index (χ1v) is 7.32. The highest BCUT2D eigenvalue weighted by molar-refractivity contribution is 6.12. The number of imidazole rings is 1. The van der Waals surface area contributed by atoms with Gasteiger partial charge in [0.1, 0.15) is 5.71 Å². The monoisotopic (exact) mass is 307 g/mol. The van der Waals surface area contributed by atoms with Crippen molar-refractivity contribution in [2.75, 3.05) is 12.3 Å². The van der Waals surface area contributed by atoms with Gasteiger partial charge in [0.25, 0.3) is 5.91 Å². The molecule has 0 atom stereocenters. The Morgan fingerprint density at radius 2 is 2.09 bits per heavy atom. The van der Waals surface area contributed by atoms with Crippen LogP contribution in [0.4, 0.5) is 5.69 Å². The van der Waals surface area contributed by atoms with Crippen molar-refractivity contribution in [2.24, 2.45) is 0 Å². The molecule has 0 saturated heterocycles. The highest BCUT2D eigenvalue weighted by Crippen LogP contribution is 2.18. The first kappa shape index (κ1) is 14.8. The Bertz CT molecular complexity index is 897. The summed E-state index contributed by atoms with van der Waals surface area (Å²) in [5, 5.41) is 11.1. The molecule has 0 bridgehead atoms. The Balaban J connectivity index is 1.99. The lowest BCUT2D eigenvalue weighted by Crippen LogP contribution is -2.22. The number of carbonyl (C=O) groups excluding carboxylic acids is 1. The van der Waals surface area contributed by atoms with E-state index in [9.17, 15) is 4.79 Å². The number of rotatable bonds is 4. The molecule has 116 valence electrons. The Morgan fingerprint density at radius 1 is 1.30 bits per heavy atom. The summed E-state index contributed by atoms with van der Waals surface area (Å²) in [5.74, 6) is 0.291. The lowest BCUT2D eigenvalue weighted by atomic mass is 10.1. The van der Waals surface area contributed by atoms with Gasteiger partial charge in [-0.3, -0.25) is 10.2 Å². The summed E-state index contributed by atoms with van der Waals surface area (Å²) in [7, 11) is 0. The number of fused-ring (bicyclic) bond motifs is 1. The number of nitrogen functional groups attached to an aromatic ring is 1.